The van der Waals surface area contributed by atoms with Gasteiger partial charge in [0.15, 0.2) is 11.5 Å². The second-order valence-electron chi connectivity index (χ2n) is 5.73. The van der Waals surface area contributed by atoms with Crippen LogP contribution in [0.4, 0.5) is 18.9 Å². The third-order valence-electron chi connectivity index (χ3n) is 3.86. The Morgan fingerprint density at radius 3 is 2.59 bits per heavy atom. The van der Waals surface area contributed by atoms with Gasteiger partial charge >= 0.3 is 6.61 Å². The minimum atomic E-state index is -2.98. The molecule has 2 aromatic carbocycles. The van der Waals surface area contributed by atoms with Crippen LogP contribution in [-0.4, -0.2) is 39.8 Å². The zero-order chi connectivity index (χ0) is 19.8. The molecule has 0 aliphatic heterocycles. The fourth-order valence-corrected chi connectivity index (χ4v) is 2.50. The molecule has 0 saturated carbocycles. The Balaban J connectivity index is 1.86. The number of nitrogens with one attached hydrogen (secondary N) is 1. The van der Waals surface area contributed by atoms with Crippen molar-refractivity contribution in [3.05, 3.63) is 53.8 Å². The maximum Gasteiger partial charge on any atom is 0.387 e. The zero-order valence-electron chi connectivity index (χ0n) is 15.0. The summed E-state index contributed by atoms with van der Waals surface area (Å²) in [5.74, 6) is -0.773. The molecule has 0 heterocycles. The third kappa shape index (κ3) is 5.80. The maximum atomic E-state index is 13.7. The predicted molar refractivity (Wildman–Crippen MR) is 96.2 cm³/mol. The lowest BCUT2D eigenvalue weighted by Gasteiger charge is -2.19. The largest absolute Gasteiger partial charge is 0.493 e. The Bertz CT molecular complexity index is 772. The average molecular weight is 382 g/mol. The van der Waals surface area contributed by atoms with Crippen molar-refractivity contribution in [3.8, 4) is 11.5 Å². The van der Waals surface area contributed by atoms with Crippen LogP contribution in [0.1, 0.15) is 16.8 Å². The van der Waals surface area contributed by atoms with Crippen molar-refractivity contribution in [3.63, 3.8) is 0 Å². The number of carbonyl (C=O) groups excluding carboxylic acids is 1. The second kappa shape index (κ2) is 9.70. The van der Waals surface area contributed by atoms with E-state index in [0.717, 1.165) is 0 Å². The SMILES string of the molecule is COc1cc(C(=O)NCCCN(C)c2ccccc2F)ccc1OC(F)F. The van der Waals surface area contributed by atoms with E-state index in [0.29, 0.717) is 25.2 Å². The quantitative estimate of drug-likeness (QED) is 0.672. The van der Waals surface area contributed by atoms with E-state index in [1.807, 2.05) is 0 Å². The first-order valence-electron chi connectivity index (χ1n) is 8.29. The van der Waals surface area contributed by atoms with E-state index in [4.69, 9.17) is 4.74 Å². The molecule has 0 aliphatic carbocycles. The first-order chi connectivity index (χ1) is 12.9. The van der Waals surface area contributed by atoms with Gasteiger partial charge in [0, 0.05) is 25.7 Å². The van der Waals surface area contributed by atoms with E-state index in [-0.39, 0.29) is 28.8 Å². The van der Waals surface area contributed by atoms with Gasteiger partial charge in [-0.05, 0) is 36.8 Å². The summed E-state index contributed by atoms with van der Waals surface area (Å²) >= 11 is 0. The highest BCUT2D eigenvalue weighted by Gasteiger charge is 2.14. The standard InChI is InChI=1S/C19H21F3N2O3/c1-24(15-7-4-3-6-14(15)20)11-5-10-23-18(25)13-8-9-16(27-19(21)22)17(12-13)26-2/h3-4,6-9,12,19H,5,10-11H2,1-2H3,(H,23,25). The molecule has 27 heavy (non-hydrogen) atoms. The number of alkyl halides is 2. The molecule has 2 aromatic rings. The molecule has 1 amide bonds. The average Bonchev–Trinajstić information content (AvgIpc) is 2.65. The van der Waals surface area contributed by atoms with E-state index in [2.05, 4.69) is 10.1 Å². The maximum absolute atomic E-state index is 13.7. The number of methoxy groups -OCH3 is 1. The number of hydrogen-bond donors (Lipinski definition) is 1. The molecule has 0 spiro atoms. The Morgan fingerprint density at radius 1 is 1.19 bits per heavy atom. The Labute approximate surface area is 155 Å². The van der Waals surface area contributed by atoms with Crippen molar-refractivity contribution in [2.75, 3.05) is 32.1 Å². The van der Waals surface area contributed by atoms with Gasteiger partial charge < -0.3 is 19.7 Å². The number of benzene rings is 2. The van der Waals surface area contributed by atoms with Crippen molar-refractivity contribution in [2.24, 2.45) is 0 Å². The van der Waals surface area contributed by atoms with Crippen molar-refractivity contribution in [1.82, 2.24) is 5.32 Å². The van der Waals surface area contributed by atoms with Crippen molar-refractivity contribution in [2.45, 2.75) is 13.0 Å². The van der Waals surface area contributed by atoms with Crippen LogP contribution in [0.25, 0.3) is 0 Å². The highest BCUT2D eigenvalue weighted by molar-refractivity contribution is 5.94. The van der Waals surface area contributed by atoms with Crippen LogP contribution in [0.5, 0.6) is 11.5 Å². The molecule has 1 N–H and O–H groups in total. The molecule has 146 valence electrons. The Hall–Kier alpha value is -2.90. The van der Waals surface area contributed by atoms with Gasteiger partial charge in [0.1, 0.15) is 5.82 Å². The molecule has 0 fully saturated rings. The summed E-state index contributed by atoms with van der Waals surface area (Å²) in [6.07, 6.45) is 0.598. The highest BCUT2D eigenvalue weighted by atomic mass is 19.3. The number of amides is 1. The van der Waals surface area contributed by atoms with Gasteiger partial charge in [-0.1, -0.05) is 12.1 Å². The van der Waals surface area contributed by atoms with Gasteiger partial charge in [-0.15, -0.1) is 0 Å². The van der Waals surface area contributed by atoms with Gasteiger partial charge in [-0.25, -0.2) is 4.39 Å². The van der Waals surface area contributed by atoms with Crippen molar-refractivity contribution in [1.29, 1.82) is 0 Å². The number of hydrogen-bond acceptors (Lipinski definition) is 4. The molecule has 0 bridgehead atoms. The monoisotopic (exact) mass is 382 g/mol. The van der Waals surface area contributed by atoms with E-state index in [1.54, 1.807) is 30.1 Å². The predicted octanol–water partition coefficient (Wildman–Crippen LogP) is 3.69. The molecular formula is C19H21F3N2O3. The van der Waals surface area contributed by atoms with Crippen LogP contribution in [0.2, 0.25) is 0 Å². The molecule has 0 radical (unpaired) electrons. The molecule has 0 aromatic heterocycles. The van der Waals surface area contributed by atoms with Crippen LogP contribution in [-0.2, 0) is 0 Å². The Kier molecular flexibility index (Phi) is 7.34. The molecule has 0 aliphatic rings. The zero-order valence-corrected chi connectivity index (χ0v) is 15.0. The molecule has 0 saturated heterocycles. The molecule has 0 unspecified atom stereocenters. The molecular weight excluding hydrogens is 361 g/mol. The topological polar surface area (TPSA) is 50.8 Å². The lowest BCUT2D eigenvalue weighted by Crippen LogP contribution is -2.28. The molecule has 0 atom stereocenters. The second-order valence-corrected chi connectivity index (χ2v) is 5.73. The van der Waals surface area contributed by atoms with Crippen LogP contribution in [0.15, 0.2) is 42.5 Å². The number of para-hydroxylation sites is 1. The summed E-state index contributed by atoms with van der Waals surface area (Å²) < 4.78 is 47.7. The number of rotatable bonds is 9. The van der Waals surface area contributed by atoms with Crippen LogP contribution < -0.4 is 19.7 Å². The lowest BCUT2D eigenvalue weighted by atomic mass is 10.2. The summed E-state index contributed by atoms with van der Waals surface area (Å²) in [6, 6.07) is 10.4. The minimum Gasteiger partial charge on any atom is -0.493 e. The smallest absolute Gasteiger partial charge is 0.387 e. The highest BCUT2D eigenvalue weighted by Crippen LogP contribution is 2.29. The van der Waals surface area contributed by atoms with E-state index >= 15 is 0 Å². The summed E-state index contributed by atoms with van der Waals surface area (Å²) in [5, 5.41) is 2.73. The summed E-state index contributed by atoms with van der Waals surface area (Å²) in [4.78, 5) is 14.0. The number of ether oxygens (including phenoxy) is 2. The number of carbonyl (C=O) groups is 1. The van der Waals surface area contributed by atoms with Crippen molar-refractivity contribution >= 4 is 11.6 Å². The van der Waals surface area contributed by atoms with E-state index < -0.39 is 6.61 Å². The van der Waals surface area contributed by atoms with Crippen LogP contribution >= 0.6 is 0 Å². The first kappa shape index (κ1) is 20.4. The van der Waals surface area contributed by atoms with Crippen LogP contribution in [0, 0.1) is 5.82 Å². The summed E-state index contributed by atoms with van der Waals surface area (Å²) in [7, 11) is 3.07. The van der Waals surface area contributed by atoms with E-state index in [9.17, 15) is 18.0 Å². The number of anilines is 1. The fourth-order valence-electron chi connectivity index (χ4n) is 2.50. The number of nitrogens with zero attached hydrogens (tertiary/aromatic N) is 1. The summed E-state index contributed by atoms with van der Waals surface area (Å²) in [5.41, 5.74) is 0.749. The normalized spacial score (nSPS) is 10.6. The minimum absolute atomic E-state index is 0.0437. The van der Waals surface area contributed by atoms with Crippen molar-refractivity contribution < 1.29 is 27.4 Å². The lowest BCUT2D eigenvalue weighted by molar-refractivity contribution is -0.0512. The van der Waals surface area contributed by atoms with Gasteiger partial charge in [0.05, 0.1) is 12.8 Å². The third-order valence-corrected chi connectivity index (χ3v) is 3.86. The van der Waals surface area contributed by atoms with E-state index in [1.165, 1.54) is 31.4 Å². The molecule has 5 nitrogen and oxygen atoms in total. The van der Waals surface area contributed by atoms with Crippen LogP contribution in [0.3, 0.4) is 0 Å². The van der Waals surface area contributed by atoms with Gasteiger partial charge in [-0.2, -0.15) is 8.78 Å². The fraction of sp³-hybridized carbons (Fsp3) is 0.316. The summed E-state index contributed by atoms with van der Waals surface area (Å²) in [6.45, 7) is -2.06. The van der Waals surface area contributed by atoms with Gasteiger partial charge in [-0.3, -0.25) is 4.79 Å². The number of halogens is 3. The van der Waals surface area contributed by atoms with Gasteiger partial charge in [0.2, 0.25) is 0 Å². The Morgan fingerprint density at radius 2 is 1.93 bits per heavy atom. The van der Waals surface area contributed by atoms with Gasteiger partial charge in [0.25, 0.3) is 5.91 Å². The molecule has 8 heteroatoms. The molecule has 2 rings (SSSR count). The first-order valence-corrected chi connectivity index (χ1v) is 8.29.